The molecule has 1 rings (SSSR count). The lowest BCUT2D eigenvalue weighted by molar-refractivity contribution is 0.279. The Labute approximate surface area is 69.7 Å². The summed E-state index contributed by atoms with van der Waals surface area (Å²) in [5, 5.41) is 27.0. The van der Waals surface area contributed by atoms with E-state index in [1.807, 2.05) is 0 Å². The highest BCUT2D eigenvalue weighted by atomic mass is 16.5. The molecule has 0 aromatic heterocycles. The molecule has 0 aliphatic rings. The SMILES string of the molecule is COc1cc(CO)cc(O)c1O. The molecule has 12 heavy (non-hydrogen) atoms. The Morgan fingerprint density at radius 1 is 1.33 bits per heavy atom. The van der Waals surface area contributed by atoms with Crippen molar-refractivity contribution in [3.8, 4) is 17.2 Å². The molecule has 0 unspecified atom stereocenters. The van der Waals surface area contributed by atoms with Crippen LogP contribution in [0.15, 0.2) is 12.1 Å². The van der Waals surface area contributed by atoms with Crippen LogP contribution >= 0.6 is 0 Å². The van der Waals surface area contributed by atoms with E-state index in [-0.39, 0.29) is 23.9 Å². The Balaban J connectivity index is 3.19. The molecule has 66 valence electrons. The molecule has 1 aromatic rings. The monoisotopic (exact) mass is 170 g/mol. The molecule has 0 atom stereocenters. The van der Waals surface area contributed by atoms with Crippen LogP contribution in [0.3, 0.4) is 0 Å². The number of rotatable bonds is 2. The molecule has 3 N–H and O–H groups in total. The lowest BCUT2D eigenvalue weighted by atomic mass is 10.2. The number of methoxy groups -OCH3 is 1. The van der Waals surface area contributed by atoms with Gasteiger partial charge in [-0.15, -0.1) is 0 Å². The van der Waals surface area contributed by atoms with Gasteiger partial charge in [0.25, 0.3) is 0 Å². The summed E-state index contributed by atoms with van der Waals surface area (Å²) in [7, 11) is 1.37. The van der Waals surface area contributed by atoms with E-state index in [0.717, 1.165) is 0 Å². The van der Waals surface area contributed by atoms with Gasteiger partial charge in [-0.3, -0.25) is 0 Å². The average molecular weight is 170 g/mol. The zero-order chi connectivity index (χ0) is 9.14. The lowest BCUT2D eigenvalue weighted by Crippen LogP contribution is -1.88. The van der Waals surface area contributed by atoms with Crippen molar-refractivity contribution < 1.29 is 20.1 Å². The number of aliphatic hydroxyl groups excluding tert-OH is 1. The predicted molar refractivity (Wildman–Crippen MR) is 42.2 cm³/mol. The third-order valence-electron chi connectivity index (χ3n) is 1.52. The number of aromatic hydroxyl groups is 2. The van der Waals surface area contributed by atoms with Gasteiger partial charge in [-0.1, -0.05) is 0 Å². The molecule has 0 aliphatic heterocycles. The molecule has 0 saturated heterocycles. The van der Waals surface area contributed by atoms with Crippen LogP contribution in [-0.2, 0) is 6.61 Å². The van der Waals surface area contributed by atoms with Gasteiger partial charge in [0, 0.05) is 0 Å². The number of ether oxygens (including phenoxy) is 1. The number of phenols is 2. The molecule has 0 spiro atoms. The molecule has 4 heteroatoms. The molecule has 0 aliphatic carbocycles. The third kappa shape index (κ3) is 1.43. The largest absolute Gasteiger partial charge is 0.504 e. The minimum absolute atomic E-state index is 0.152. The third-order valence-corrected chi connectivity index (χ3v) is 1.52. The van der Waals surface area contributed by atoms with Gasteiger partial charge < -0.3 is 20.1 Å². The number of hydrogen-bond donors (Lipinski definition) is 3. The van der Waals surface area contributed by atoms with Gasteiger partial charge >= 0.3 is 0 Å². The van der Waals surface area contributed by atoms with E-state index in [1.165, 1.54) is 19.2 Å². The molecular weight excluding hydrogens is 160 g/mol. The first-order chi connectivity index (χ1) is 5.69. The maximum atomic E-state index is 9.16. The second-order valence-corrected chi connectivity index (χ2v) is 2.32. The van der Waals surface area contributed by atoms with Crippen LogP contribution < -0.4 is 4.74 Å². The van der Waals surface area contributed by atoms with E-state index < -0.39 is 0 Å². The van der Waals surface area contributed by atoms with Crippen molar-refractivity contribution in [1.29, 1.82) is 0 Å². The standard InChI is InChI=1S/C8H10O4/c1-12-7-3-5(4-9)2-6(10)8(7)11/h2-3,9-11H,4H2,1H3. The Kier molecular flexibility index (Phi) is 2.40. The summed E-state index contributed by atoms with van der Waals surface area (Å²) in [5.74, 6) is -0.452. The van der Waals surface area contributed by atoms with Crippen molar-refractivity contribution in [2.24, 2.45) is 0 Å². The molecule has 0 saturated carbocycles. The number of benzene rings is 1. The van der Waals surface area contributed by atoms with Crippen molar-refractivity contribution in [1.82, 2.24) is 0 Å². The van der Waals surface area contributed by atoms with Crippen LogP contribution in [0.25, 0.3) is 0 Å². The summed E-state index contributed by atoms with van der Waals surface area (Å²) < 4.78 is 4.75. The van der Waals surface area contributed by atoms with Gasteiger partial charge in [0.1, 0.15) is 0 Å². The Hall–Kier alpha value is -1.42. The summed E-state index contributed by atoms with van der Waals surface area (Å²) in [6.45, 7) is -0.204. The summed E-state index contributed by atoms with van der Waals surface area (Å²) in [5.41, 5.74) is 0.488. The summed E-state index contributed by atoms with van der Waals surface area (Å²) in [6.07, 6.45) is 0. The van der Waals surface area contributed by atoms with Crippen molar-refractivity contribution in [2.75, 3.05) is 7.11 Å². The van der Waals surface area contributed by atoms with Crippen LogP contribution in [0.1, 0.15) is 5.56 Å². The zero-order valence-electron chi connectivity index (χ0n) is 6.61. The summed E-state index contributed by atoms with van der Waals surface area (Å²) in [4.78, 5) is 0. The second-order valence-electron chi connectivity index (χ2n) is 2.32. The van der Waals surface area contributed by atoms with Gasteiger partial charge in [0.15, 0.2) is 11.5 Å². The maximum absolute atomic E-state index is 9.16. The van der Waals surface area contributed by atoms with Crippen molar-refractivity contribution >= 4 is 0 Å². The second kappa shape index (κ2) is 3.32. The summed E-state index contributed by atoms with van der Waals surface area (Å²) in [6, 6.07) is 2.73. The van der Waals surface area contributed by atoms with Gasteiger partial charge in [-0.2, -0.15) is 0 Å². The maximum Gasteiger partial charge on any atom is 0.200 e. The highest BCUT2D eigenvalue weighted by Crippen LogP contribution is 2.36. The highest BCUT2D eigenvalue weighted by Gasteiger charge is 2.08. The fourth-order valence-electron chi connectivity index (χ4n) is 0.895. The van der Waals surface area contributed by atoms with E-state index >= 15 is 0 Å². The zero-order valence-corrected chi connectivity index (χ0v) is 6.61. The molecule has 0 amide bonds. The van der Waals surface area contributed by atoms with E-state index in [1.54, 1.807) is 0 Å². The normalized spacial score (nSPS) is 9.83. The highest BCUT2D eigenvalue weighted by molar-refractivity contribution is 5.51. The minimum atomic E-state index is -0.310. The molecular formula is C8H10O4. The van der Waals surface area contributed by atoms with Crippen LogP contribution in [0.4, 0.5) is 0 Å². The first kappa shape index (κ1) is 8.67. The Morgan fingerprint density at radius 3 is 2.50 bits per heavy atom. The van der Waals surface area contributed by atoms with E-state index in [2.05, 4.69) is 0 Å². The lowest BCUT2D eigenvalue weighted by Gasteiger charge is -2.06. The van der Waals surface area contributed by atoms with Gasteiger partial charge in [0.2, 0.25) is 5.75 Å². The van der Waals surface area contributed by atoms with E-state index in [0.29, 0.717) is 5.56 Å². The molecule has 4 nitrogen and oxygen atoms in total. The first-order valence-corrected chi connectivity index (χ1v) is 3.38. The average Bonchev–Trinajstić information content (AvgIpc) is 2.09. The van der Waals surface area contributed by atoms with Crippen molar-refractivity contribution in [2.45, 2.75) is 6.61 Å². The molecule has 0 bridgehead atoms. The van der Waals surface area contributed by atoms with Crippen LogP contribution in [-0.4, -0.2) is 22.4 Å². The molecule has 1 aromatic carbocycles. The van der Waals surface area contributed by atoms with E-state index in [9.17, 15) is 0 Å². The summed E-state index contributed by atoms with van der Waals surface area (Å²) >= 11 is 0. The smallest absolute Gasteiger partial charge is 0.200 e. The predicted octanol–water partition coefficient (Wildman–Crippen LogP) is 0.599. The van der Waals surface area contributed by atoms with Crippen molar-refractivity contribution in [3.05, 3.63) is 17.7 Å². The molecule has 0 radical (unpaired) electrons. The van der Waals surface area contributed by atoms with Crippen LogP contribution in [0.5, 0.6) is 17.2 Å². The number of aliphatic hydroxyl groups is 1. The fraction of sp³-hybridized carbons (Fsp3) is 0.250. The fourth-order valence-corrected chi connectivity index (χ4v) is 0.895. The number of hydrogen-bond acceptors (Lipinski definition) is 4. The van der Waals surface area contributed by atoms with Crippen molar-refractivity contribution in [3.63, 3.8) is 0 Å². The van der Waals surface area contributed by atoms with Gasteiger partial charge in [0.05, 0.1) is 13.7 Å². The van der Waals surface area contributed by atoms with Crippen LogP contribution in [0.2, 0.25) is 0 Å². The van der Waals surface area contributed by atoms with Gasteiger partial charge in [-0.05, 0) is 17.7 Å². The van der Waals surface area contributed by atoms with Crippen LogP contribution in [0, 0.1) is 0 Å². The molecule has 0 fully saturated rings. The first-order valence-electron chi connectivity index (χ1n) is 3.38. The Bertz CT molecular complexity index is 283. The minimum Gasteiger partial charge on any atom is -0.504 e. The van der Waals surface area contributed by atoms with E-state index in [4.69, 9.17) is 20.1 Å². The topological polar surface area (TPSA) is 69.9 Å². The Morgan fingerprint density at radius 2 is 2.00 bits per heavy atom. The molecule has 0 heterocycles. The quantitative estimate of drug-likeness (QED) is 0.568. The number of phenolic OH excluding ortho intramolecular Hbond substituents is 2. The van der Waals surface area contributed by atoms with Gasteiger partial charge in [-0.25, -0.2) is 0 Å².